The van der Waals surface area contributed by atoms with Gasteiger partial charge >= 0.3 is 0 Å². The molecule has 0 radical (unpaired) electrons. The third kappa shape index (κ3) is 3.76. The second-order valence-electron chi connectivity index (χ2n) is 6.65. The number of nitrogens with zero attached hydrogens (tertiary/aromatic N) is 2. The molecule has 1 aliphatic carbocycles. The molecular formula is C18H29N3. The molecule has 1 saturated heterocycles. The largest absolute Gasteiger partial charge is 0.367 e. The highest BCUT2D eigenvalue weighted by atomic mass is 15.2. The van der Waals surface area contributed by atoms with Crippen LogP contribution in [0.4, 0.5) is 5.82 Å². The number of nitrogens with one attached hydrogen (secondary N) is 1. The summed E-state index contributed by atoms with van der Waals surface area (Å²) in [6, 6.07) is 5.73. The van der Waals surface area contributed by atoms with Gasteiger partial charge in [-0.25, -0.2) is 4.98 Å². The van der Waals surface area contributed by atoms with E-state index in [1.165, 1.54) is 70.0 Å². The van der Waals surface area contributed by atoms with E-state index in [9.17, 15) is 0 Å². The minimum atomic E-state index is 0.601. The Kier molecular flexibility index (Phi) is 5.13. The van der Waals surface area contributed by atoms with Gasteiger partial charge in [0.25, 0.3) is 0 Å². The van der Waals surface area contributed by atoms with Gasteiger partial charge in [0, 0.05) is 18.3 Å². The lowest BCUT2D eigenvalue weighted by Crippen LogP contribution is -2.24. The van der Waals surface area contributed by atoms with Crippen LogP contribution in [-0.2, 0) is 0 Å². The van der Waals surface area contributed by atoms with Crippen molar-refractivity contribution in [3.8, 4) is 0 Å². The predicted molar refractivity (Wildman–Crippen MR) is 88.6 cm³/mol. The van der Waals surface area contributed by atoms with E-state index in [1.54, 1.807) is 0 Å². The molecule has 0 unspecified atom stereocenters. The highest BCUT2D eigenvalue weighted by Gasteiger charge is 2.25. The molecule has 1 atom stereocenters. The molecular weight excluding hydrogens is 258 g/mol. The predicted octanol–water partition coefficient (Wildman–Crippen LogP) is 4.37. The monoisotopic (exact) mass is 287 g/mol. The Morgan fingerprint density at radius 1 is 1.19 bits per heavy atom. The SMILES string of the molecule is CCCCN1CCC[C@@H]1c1ccc(NC2CCCC2)nc1. The zero-order chi connectivity index (χ0) is 14.5. The van der Waals surface area contributed by atoms with Crippen LogP contribution in [0, 0.1) is 0 Å². The molecule has 116 valence electrons. The lowest BCUT2D eigenvalue weighted by atomic mass is 10.1. The van der Waals surface area contributed by atoms with Crippen LogP contribution in [0.25, 0.3) is 0 Å². The number of likely N-dealkylation sites (tertiary alicyclic amines) is 1. The molecule has 3 rings (SSSR count). The fourth-order valence-electron chi connectivity index (χ4n) is 3.80. The number of rotatable bonds is 6. The molecule has 3 heteroatoms. The summed E-state index contributed by atoms with van der Waals surface area (Å²) in [6.45, 7) is 4.77. The van der Waals surface area contributed by atoms with Crippen LogP contribution < -0.4 is 5.32 Å². The summed E-state index contributed by atoms with van der Waals surface area (Å²) in [4.78, 5) is 7.31. The molecule has 0 aromatic carbocycles. The molecule has 0 spiro atoms. The van der Waals surface area contributed by atoms with Crippen LogP contribution in [0.15, 0.2) is 18.3 Å². The molecule has 21 heavy (non-hydrogen) atoms. The van der Waals surface area contributed by atoms with Crippen molar-refractivity contribution in [2.75, 3.05) is 18.4 Å². The van der Waals surface area contributed by atoms with E-state index >= 15 is 0 Å². The van der Waals surface area contributed by atoms with Crippen molar-refractivity contribution in [1.82, 2.24) is 9.88 Å². The first-order valence-electron chi connectivity index (χ1n) is 8.83. The van der Waals surface area contributed by atoms with Crippen molar-refractivity contribution in [3.05, 3.63) is 23.9 Å². The van der Waals surface area contributed by atoms with Gasteiger partial charge in [-0.05, 0) is 56.8 Å². The first-order chi connectivity index (χ1) is 10.4. The smallest absolute Gasteiger partial charge is 0.126 e. The highest BCUT2D eigenvalue weighted by Crippen LogP contribution is 2.32. The van der Waals surface area contributed by atoms with E-state index in [1.807, 2.05) is 0 Å². The zero-order valence-corrected chi connectivity index (χ0v) is 13.4. The Morgan fingerprint density at radius 2 is 2.05 bits per heavy atom. The molecule has 2 heterocycles. The van der Waals surface area contributed by atoms with E-state index in [2.05, 4.69) is 40.5 Å². The minimum Gasteiger partial charge on any atom is -0.367 e. The van der Waals surface area contributed by atoms with Crippen molar-refractivity contribution in [1.29, 1.82) is 0 Å². The van der Waals surface area contributed by atoms with Gasteiger partial charge < -0.3 is 5.32 Å². The van der Waals surface area contributed by atoms with Crippen molar-refractivity contribution < 1.29 is 0 Å². The van der Waals surface area contributed by atoms with Gasteiger partial charge in [0.2, 0.25) is 0 Å². The number of unbranched alkanes of at least 4 members (excludes halogenated alkanes) is 1. The van der Waals surface area contributed by atoms with Gasteiger partial charge in [0.15, 0.2) is 0 Å². The molecule has 2 fully saturated rings. The van der Waals surface area contributed by atoms with Crippen molar-refractivity contribution >= 4 is 5.82 Å². The van der Waals surface area contributed by atoms with Crippen molar-refractivity contribution in [2.45, 2.75) is 70.4 Å². The average Bonchev–Trinajstić information content (AvgIpc) is 3.17. The lowest BCUT2D eigenvalue weighted by molar-refractivity contribution is 0.253. The molecule has 2 aliphatic rings. The van der Waals surface area contributed by atoms with Crippen LogP contribution in [-0.4, -0.2) is 29.0 Å². The molecule has 1 aliphatic heterocycles. The van der Waals surface area contributed by atoms with E-state index in [0.29, 0.717) is 12.1 Å². The maximum absolute atomic E-state index is 4.66. The van der Waals surface area contributed by atoms with Crippen LogP contribution in [0.1, 0.15) is 69.9 Å². The molecule has 0 bridgehead atoms. The van der Waals surface area contributed by atoms with Crippen molar-refractivity contribution in [2.24, 2.45) is 0 Å². The second kappa shape index (κ2) is 7.26. The summed E-state index contributed by atoms with van der Waals surface area (Å²) < 4.78 is 0. The third-order valence-corrected chi connectivity index (χ3v) is 5.04. The molecule has 1 aromatic heterocycles. The first kappa shape index (κ1) is 14.8. The van der Waals surface area contributed by atoms with Crippen LogP contribution in [0.5, 0.6) is 0 Å². The quantitative estimate of drug-likeness (QED) is 0.842. The summed E-state index contributed by atoms with van der Waals surface area (Å²) in [7, 11) is 0. The summed E-state index contributed by atoms with van der Waals surface area (Å²) in [5.74, 6) is 1.06. The Balaban J connectivity index is 1.60. The highest BCUT2D eigenvalue weighted by molar-refractivity contribution is 5.37. The topological polar surface area (TPSA) is 28.2 Å². The zero-order valence-electron chi connectivity index (χ0n) is 13.4. The fourth-order valence-corrected chi connectivity index (χ4v) is 3.80. The summed E-state index contributed by atoms with van der Waals surface area (Å²) in [5.41, 5.74) is 1.40. The Morgan fingerprint density at radius 3 is 2.76 bits per heavy atom. The minimum absolute atomic E-state index is 0.601. The third-order valence-electron chi connectivity index (χ3n) is 5.04. The van der Waals surface area contributed by atoms with Crippen LogP contribution in [0.3, 0.4) is 0 Å². The number of anilines is 1. The van der Waals surface area contributed by atoms with E-state index in [0.717, 1.165) is 5.82 Å². The van der Waals surface area contributed by atoms with Crippen LogP contribution in [0.2, 0.25) is 0 Å². The van der Waals surface area contributed by atoms with Gasteiger partial charge in [-0.3, -0.25) is 4.90 Å². The summed E-state index contributed by atoms with van der Waals surface area (Å²) >= 11 is 0. The second-order valence-corrected chi connectivity index (χ2v) is 6.65. The van der Waals surface area contributed by atoms with Crippen LogP contribution >= 0.6 is 0 Å². The lowest BCUT2D eigenvalue weighted by Gasteiger charge is -2.24. The number of hydrogen-bond acceptors (Lipinski definition) is 3. The standard InChI is InChI=1S/C18H29N3/c1-2-3-12-21-13-6-9-17(21)15-10-11-18(19-14-15)20-16-7-4-5-8-16/h10-11,14,16-17H,2-9,12-13H2,1H3,(H,19,20)/t17-/m1/s1. The molecule has 3 nitrogen and oxygen atoms in total. The van der Waals surface area contributed by atoms with Gasteiger partial charge in [-0.1, -0.05) is 32.3 Å². The van der Waals surface area contributed by atoms with E-state index in [4.69, 9.17) is 0 Å². The summed E-state index contributed by atoms with van der Waals surface area (Å²) in [5, 5.41) is 3.58. The number of pyridine rings is 1. The number of hydrogen-bond donors (Lipinski definition) is 1. The van der Waals surface area contributed by atoms with E-state index < -0.39 is 0 Å². The fraction of sp³-hybridized carbons (Fsp3) is 0.722. The normalized spacial score (nSPS) is 23.8. The molecule has 1 saturated carbocycles. The van der Waals surface area contributed by atoms with Gasteiger partial charge in [0.1, 0.15) is 5.82 Å². The first-order valence-corrected chi connectivity index (χ1v) is 8.83. The molecule has 1 aromatic rings. The Hall–Kier alpha value is -1.09. The van der Waals surface area contributed by atoms with E-state index in [-0.39, 0.29) is 0 Å². The van der Waals surface area contributed by atoms with Crippen molar-refractivity contribution in [3.63, 3.8) is 0 Å². The molecule has 0 amide bonds. The number of aromatic nitrogens is 1. The average molecular weight is 287 g/mol. The van der Waals surface area contributed by atoms with Gasteiger partial charge in [0.05, 0.1) is 0 Å². The summed E-state index contributed by atoms with van der Waals surface area (Å²) in [6.07, 6.45) is 12.7. The molecule has 1 N–H and O–H groups in total. The maximum atomic E-state index is 4.66. The Labute approximate surface area is 129 Å². The van der Waals surface area contributed by atoms with Gasteiger partial charge in [-0.2, -0.15) is 0 Å². The van der Waals surface area contributed by atoms with Gasteiger partial charge in [-0.15, -0.1) is 0 Å². The Bertz CT molecular complexity index is 423. The maximum Gasteiger partial charge on any atom is 0.126 e.